The fraction of sp³-hybridized carbons (Fsp3) is 0.444. The van der Waals surface area contributed by atoms with Crippen LogP contribution in [0.5, 0.6) is 5.75 Å². The van der Waals surface area contributed by atoms with Crippen LogP contribution >= 0.6 is 21.6 Å². The molecule has 0 saturated carbocycles. The first-order valence-electron chi connectivity index (χ1n) is 19.6. The monoisotopic (exact) mass is 784 g/mol. The van der Waals surface area contributed by atoms with Crippen molar-refractivity contribution >= 4 is 44.6 Å². The van der Waals surface area contributed by atoms with E-state index in [9.17, 15) is 4.79 Å². The third-order valence-electron chi connectivity index (χ3n) is 10.4. The van der Waals surface area contributed by atoms with Crippen LogP contribution in [0, 0.1) is 0 Å². The van der Waals surface area contributed by atoms with Gasteiger partial charge in [-0.3, -0.25) is 4.79 Å². The van der Waals surface area contributed by atoms with Crippen LogP contribution in [0.15, 0.2) is 97.1 Å². The molecule has 2 aliphatic rings. The summed E-state index contributed by atoms with van der Waals surface area (Å²) >= 11 is 0. The maximum atomic E-state index is 12.0. The highest BCUT2D eigenvalue weighted by molar-refractivity contribution is 8.77. The number of nitrogens with zero attached hydrogens (tertiary/aromatic N) is 2. The SMILES string of the molecule is COC1(c2ccc(N(C)CCOCCOCCOc3ccc(CCCOC(=O)CCCCC4CCSS4)cc3)cc2)c2ccccc2N(C)c2ccccc21. The average molecular weight is 785 g/mol. The van der Waals surface area contributed by atoms with Crippen LogP contribution in [-0.2, 0) is 35.8 Å². The van der Waals surface area contributed by atoms with E-state index in [2.05, 4.69) is 109 Å². The molecule has 55 heavy (non-hydrogen) atoms. The number of unbranched alkanes of at least 4 members (excludes halogenated alkanes) is 1. The van der Waals surface area contributed by atoms with Crippen molar-refractivity contribution < 1.29 is 28.5 Å². The molecule has 1 atom stereocenters. The van der Waals surface area contributed by atoms with Crippen LogP contribution in [0.4, 0.5) is 17.1 Å². The standard InChI is InChI=1S/C45H56N2O6S2/c1-46(37-22-20-36(21-23-37)45(49-3)40-13-5-7-15-42(40)47(2)43-16-8-6-14-41(43)45)27-29-50-30-31-51-32-33-52-38-24-18-35(19-25-38)11-10-28-53-44(48)17-9-4-12-39-26-34-54-55-39/h5-8,13-16,18-25,39H,4,9-12,17,26-34H2,1-3H3. The molecule has 0 radical (unpaired) electrons. The molecule has 0 aliphatic carbocycles. The number of esters is 1. The minimum atomic E-state index is -0.707. The Balaban J connectivity index is 0.824. The van der Waals surface area contributed by atoms with E-state index in [0.717, 1.165) is 77.0 Å². The number of aryl methyl sites for hydroxylation is 1. The van der Waals surface area contributed by atoms with Crippen LogP contribution in [0.2, 0.25) is 0 Å². The van der Waals surface area contributed by atoms with Crippen molar-refractivity contribution in [3.8, 4) is 5.75 Å². The summed E-state index contributed by atoms with van der Waals surface area (Å²) in [5, 5.41) is 0.776. The highest BCUT2D eigenvalue weighted by atomic mass is 33.1. The zero-order valence-electron chi connectivity index (χ0n) is 32.6. The molecular weight excluding hydrogens is 729 g/mol. The van der Waals surface area contributed by atoms with Crippen LogP contribution < -0.4 is 14.5 Å². The topological polar surface area (TPSA) is 69.7 Å². The molecule has 10 heteroatoms. The second-order valence-electron chi connectivity index (χ2n) is 14.1. The summed E-state index contributed by atoms with van der Waals surface area (Å²) in [6.45, 7) is 3.84. The first-order valence-corrected chi connectivity index (χ1v) is 22.0. The zero-order valence-corrected chi connectivity index (χ0v) is 34.2. The lowest BCUT2D eigenvalue weighted by atomic mass is 9.76. The average Bonchev–Trinajstić information content (AvgIpc) is 3.75. The van der Waals surface area contributed by atoms with Crippen molar-refractivity contribution in [1.29, 1.82) is 0 Å². The van der Waals surface area contributed by atoms with Gasteiger partial charge >= 0.3 is 5.97 Å². The Kier molecular flexibility index (Phi) is 15.7. The molecule has 6 rings (SSSR count). The van der Waals surface area contributed by atoms with E-state index in [1.54, 1.807) is 7.11 Å². The molecule has 0 aromatic heterocycles. The number of hydrogen-bond donors (Lipinski definition) is 0. The highest BCUT2D eigenvalue weighted by Gasteiger charge is 2.44. The number of anilines is 3. The molecule has 1 saturated heterocycles. The van der Waals surface area contributed by atoms with Crippen LogP contribution in [0.1, 0.15) is 60.8 Å². The van der Waals surface area contributed by atoms with Gasteiger partial charge in [0.25, 0.3) is 0 Å². The number of benzene rings is 4. The van der Waals surface area contributed by atoms with E-state index < -0.39 is 5.60 Å². The van der Waals surface area contributed by atoms with Crippen molar-refractivity contribution in [2.75, 3.05) is 82.9 Å². The van der Waals surface area contributed by atoms with Crippen molar-refractivity contribution in [2.45, 2.75) is 55.8 Å². The fourth-order valence-corrected chi connectivity index (χ4v) is 10.4. The van der Waals surface area contributed by atoms with Crippen molar-refractivity contribution in [1.82, 2.24) is 0 Å². The number of methoxy groups -OCH3 is 1. The molecule has 0 bridgehead atoms. The van der Waals surface area contributed by atoms with Crippen molar-refractivity contribution in [2.24, 2.45) is 0 Å². The Morgan fingerprint density at radius 3 is 2.15 bits per heavy atom. The van der Waals surface area contributed by atoms with E-state index in [0.29, 0.717) is 46.1 Å². The molecule has 2 heterocycles. The van der Waals surface area contributed by atoms with Gasteiger partial charge in [0.15, 0.2) is 0 Å². The van der Waals surface area contributed by atoms with Gasteiger partial charge in [-0.2, -0.15) is 0 Å². The lowest BCUT2D eigenvalue weighted by Gasteiger charge is -2.43. The first-order chi connectivity index (χ1) is 27.0. The minimum Gasteiger partial charge on any atom is -0.491 e. The van der Waals surface area contributed by atoms with Gasteiger partial charge in [0.1, 0.15) is 18.0 Å². The minimum absolute atomic E-state index is 0.0699. The number of ether oxygens (including phenoxy) is 5. The number of hydrogen-bond acceptors (Lipinski definition) is 10. The molecule has 0 amide bonds. The predicted molar refractivity (Wildman–Crippen MR) is 227 cm³/mol. The van der Waals surface area contributed by atoms with Gasteiger partial charge in [-0.05, 0) is 79.6 Å². The summed E-state index contributed by atoms with van der Waals surface area (Å²) in [6.07, 6.45) is 6.78. The van der Waals surface area contributed by atoms with Gasteiger partial charge in [0.05, 0.1) is 33.0 Å². The van der Waals surface area contributed by atoms with Gasteiger partial charge in [-0.25, -0.2) is 0 Å². The molecule has 0 N–H and O–H groups in total. The van der Waals surface area contributed by atoms with Crippen LogP contribution in [0.25, 0.3) is 0 Å². The summed E-state index contributed by atoms with van der Waals surface area (Å²) in [7, 11) is 9.98. The number of para-hydroxylation sites is 2. The smallest absolute Gasteiger partial charge is 0.305 e. The summed E-state index contributed by atoms with van der Waals surface area (Å²) < 4.78 is 29.4. The van der Waals surface area contributed by atoms with Crippen LogP contribution in [-0.4, -0.2) is 84.4 Å². The molecule has 2 aliphatic heterocycles. The number of carbonyl (C=O) groups is 1. The quantitative estimate of drug-likeness (QED) is 0.0438. The molecule has 8 nitrogen and oxygen atoms in total. The molecular formula is C45H56N2O6S2. The Labute approximate surface area is 335 Å². The maximum Gasteiger partial charge on any atom is 0.305 e. The van der Waals surface area contributed by atoms with Crippen molar-refractivity contribution in [3.05, 3.63) is 119 Å². The number of fused-ring (bicyclic) bond motifs is 2. The number of likely N-dealkylation sites (N-methyl/N-ethyl adjacent to an activating group) is 1. The highest BCUT2D eigenvalue weighted by Crippen LogP contribution is 2.52. The Hall–Kier alpha value is -3.67. The van der Waals surface area contributed by atoms with E-state index in [4.69, 9.17) is 23.7 Å². The lowest BCUT2D eigenvalue weighted by Crippen LogP contribution is -2.38. The third-order valence-corrected chi connectivity index (χ3v) is 13.4. The summed E-state index contributed by atoms with van der Waals surface area (Å²) in [5.74, 6) is 2.01. The molecule has 1 fully saturated rings. The fourth-order valence-electron chi connectivity index (χ4n) is 7.37. The van der Waals surface area contributed by atoms with E-state index in [1.165, 1.54) is 24.2 Å². The first kappa shape index (κ1) is 41.0. The van der Waals surface area contributed by atoms with Crippen molar-refractivity contribution in [3.63, 3.8) is 0 Å². The molecule has 0 spiro atoms. The van der Waals surface area contributed by atoms with E-state index >= 15 is 0 Å². The second kappa shape index (κ2) is 21.0. The zero-order chi connectivity index (χ0) is 38.3. The number of rotatable bonds is 22. The summed E-state index contributed by atoms with van der Waals surface area (Å²) in [6, 6.07) is 33.8. The molecule has 294 valence electrons. The molecule has 4 aromatic carbocycles. The van der Waals surface area contributed by atoms with Gasteiger partial charge in [0, 0.05) is 73.4 Å². The van der Waals surface area contributed by atoms with Gasteiger partial charge in [-0.15, -0.1) is 0 Å². The van der Waals surface area contributed by atoms with E-state index in [-0.39, 0.29) is 5.97 Å². The Morgan fingerprint density at radius 2 is 1.47 bits per heavy atom. The summed E-state index contributed by atoms with van der Waals surface area (Å²) in [4.78, 5) is 16.5. The largest absolute Gasteiger partial charge is 0.491 e. The van der Waals surface area contributed by atoms with Gasteiger partial charge in [-0.1, -0.05) is 88.7 Å². The lowest BCUT2D eigenvalue weighted by molar-refractivity contribution is -0.143. The predicted octanol–water partition coefficient (Wildman–Crippen LogP) is 9.44. The van der Waals surface area contributed by atoms with Crippen LogP contribution in [0.3, 0.4) is 0 Å². The van der Waals surface area contributed by atoms with Gasteiger partial charge in [0.2, 0.25) is 0 Å². The molecule has 1 unspecified atom stereocenters. The Bertz CT molecular complexity index is 1720. The normalized spacial score (nSPS) is 15.7. The number of carbonyl (C=O) groups excluding carboxylic acids is 1. The second-order valence-corrected chi connectivity index (χ2v) is 16.9. The van der Waals surface area contributed by atoms with Gasteiger partial charge < -0.3 is 33.5 Å². The van der Waals surface area contributed by atoms with E-state index in [1.807, 2.05) is 33.7 Å². The Morgan fingerprint density at radius 1 is 0.800 bits per heavy atom. The maximum absolute atomic E-state index is 12.0. The molecule has 4 aromatic rings. The third kappa shape index (κ3) is 10.8. The summed E-state index contributed by atoms with van der Waals surface area (Å²) in [5.41, 5.74) is 7.25.